The van der Waals surface area contributed by atoms with Gasteiger partial charge in [0.05, 0.1) is 5.69 Å². The maximum atomic E-state index is 12.4. The minimum atomic E-state index is -3.57. The molecule has 0 amide bonds. The molecular weight excluding hydrogens is 282 g/mol. The summed E-state index contributed by atoms with van der Waals surface area (Å²) in [5.74, 6) is 0. The second kappa shape index (κ2) is 6.11. The molecule has 19 heavy (non-hydrogen) atoms. The second-order valence-electron chi connectivity index (χ2n) is 4.54. The van der Waals surface area contributed by atoms with Gasteiger partial charge in [-0.05, 0) is 31.2 Å². The molecule has 1 aromatic heterocycles. The summed E-state index contributed by atoms with van der Waals surface area (Å²) < 4.78 is 27.6. The lowest BCUT2D eigenvalue weighted by atomic mass is 10.3. The third-order valence-electron chi connectivity index (χ3n) is 3.36. The molecule has 2 N–H and O–H groups in total. The van der Waals surface area contributed by atoms with Crippen LogP contribution >= 0.6 is 11.8 Å². The van der Waals surface area contributed by atoms with Gasteiger partial charge in [-0.15, -0.1) is 0 Å². The Bertz CT molecular complexity index is 534. The molecule has 2 atom stereocenters. The number of hydrogen-bond donors (Lipinski definition) is 2. The van der Waals surface area contributed by atoms with E-state index in [2.05, 4.69) is 15.0 Å². The molecule has 0 aliphatic heterocycles. The number of aromatic nitrogens is 1. The number of pyridine rings is 1. The van der Waals surface area contributed by atoms with Crippen molar-refractivity contribution in [1.29, 1.82) is 0 Å². The molecule has 2 unspecified atom stereocenters. The first-order valence-electron chi connectivity index (χ1n) is 6.26. The smallest absolute Gasteiger partial charge is 0.260 e. The van der Waals surface area contributed by atoms with E-state index in [-0.39, 0.29) is 11.1 Å². The molecule has 1 saturated carbocycles. The molecule has 106 valence electrons. The maximum absolute atomic E-state index is 12.4. The van der Waals surface area contributed by atoms with Crippen LogP contribution in [0.15, 0.2) is 23.4 Å². The molecule has 0 saturated heterocycles. The van der Waals surface area contributed by atoms with Gasteiger partial charge in [-0.1, -0.05) is 6.42 Å². The summed E-state index contributed by atoms with van der Waals surface area (Å²) in [7, 11) is -1.88. The van der Waals surface area contributed by atoms with Gasteiger partial charge in [-0.25, -0.2) is 18.1 Å². The monoisotopic (exact) mass is 301 g/mol. The largest absolute Gasteiger partial charge is 0.386 e. The van der Waals surface area contributed by atoms with E-state index in [4.69, 9.17) is 0 Å². The Morgan fingerprint density at radius 2 is 2.21 bits per heavy atom. The molecule has 0 radical (unpaired) electrons. The molecule has 2 rings (SSSR count). The Morgan fingerprint density at radius 1 is 1.42 bits per heavy atom. The summed E-state index contributed by atoms with van der Waals surface area (Å²) in [6.07, 6.45) is 6.55. The molecule has 1 aliphatic rings. The van der Waals surface area contributed by atoms with Crippen LogP contribution in [0.3, 0.4) is 0 Å². The lowest BCUT2D eigenvalue weighted by molar-refractivity contribution is 0.552. The minimum absolute atomic E-state index is 0.00622. The standard InChI is InChI=1S/C12H19N3O2S2/c1-13-10-6-4-8-14-12(10)19(16,17)15-9-5-3-7-11(9)18-2/h4,6,8-9,11,13,15H,3,5,7H2,1-2H3. The van der Waals surface area contributed by atoms with Crippen LogP contribution in [-0.4, -0.2) is 38.0 Å². The van der Waals surface area contributed by atoms with Crippen LogP contribution in [-0.2, 0) is 10.0 Å². The predicted octanol–water partition coefficient (Wildman–Crippen LogP) is 1.69. The van der Waals surface area contributed by atoms with Gasteiger partial charge in [0, 0.05) is 24.5 Å². The van der Waals surface area contributed by atoms with Gasteiger partial charge in [-0.2, -0.15) is 11.8 Å². The van der Waals surface area contributed by atoms with Crippen molar-refractivity contribution in [2.45, 2.75) is 35.6 Å². The average Bonchev–Trinajstić information content (AvgIpc) is 2.85. The maximum Gasteiger partial charge on any atom is 0.260 e. The van der Waals surface area contributed by atoms with Crippen LogP contribution in [0.25, 0.3) is 0 Å². The zero-order valence-electron chi connectivity index (χ0n) is 11.1. The van der Waals surface area contributed by atoms with E-state index in [9.17, 15) is 8.42 Å². The molecule has 5 nitrogen and oxygen atoms in total. The Hall–Kier alpha value is -0.790. The Balaban J connectivity index is 2.23. The molecule has 0 spiro atoms. The van der Waals surface area contributed by atoms with Crippen LogP contribution in [0.1, 0.15) is 19.3 Å². The molecule has 0 bridgehead atoms. The number of anilines is 1. The van der Waals surface area contributed by atoms with Crippen molar-refractivity contribution in [3.8, 4) is 0 Å². The number of nitrogens with zero attached hydrogens (tertiary/aromatic N) is 1. The van der Waals surface area contributed by atoms with Gasteiger partial charge in [-0.3, -0.25) is 0 Å². The predicted molar refractivity (Wildman–Crippen MR) is 79.0 cm³/mol. The van der Waals surface area contributed by atoms with Crippen molar-refractivity contribution in [3.05, 3.63) is 18.3 Å². The number of thioether (sulfide) groups is 1. The fourth-order valence-corrected chi connectivity index (χ4v) is 4.87. The minimum Gasteiger partial charge on any atom is -0.386 e. The van der Waals surface area contributed by atoms with Gasteiger partial charge in [0.15, 0.2) is 5.03 Å². The molecule has 1 aliphatic carbocycles. The first-order valence-corrected chi connectivity index (χ1v) is 9.03. The van der Waals surface area contributed by atoms with E-state index in [1.807, 2.05) is 6.26 Å². The topological polar surface area (TPSA) is 71.1 Å². The van der Waals surface area contributed by atoms with Crippen molar-refractivity contribution >= 4 is 27.5 Å². The summed E-state index contributed by atoms with van der Waals surface area (Å²) in [5, 5.41) is 3.30. The van der Waals surface area contributed by atoms with Crippen LogP contribution in [0.5, 0.6) is 0 Å². The number of hydrogen-bond acceptors (Lipinski definition) is 5. The highest BCUT2D eigenvalue weighted by Crippen LogP contribution is 2.30. The third kappa shape index (κ3) is 3.21. The van der Waals surface area contributed by atoms with E-state index in [1.165, 1.54) is 6.20 Å². The highest BCUT2D eigenvalue weighted by atomic mass is 32.2. The van der Waals surface area contributed by atoms with Gasteiger partial charge in [0.1, 0.15) is 0 Å². The summed E-state index contributed by atoms with van der Waals surface area (Å²) in [6.45, 7) is 0. The van der Waals surface area contributed by atoms with Crippen molar-refractivity contribution in [2.75, 3.05) is 18.6 Å². The van der Waals surface area contributed by atoms with Crippen LogP contribution < -0.4 is 10.0 Å². The SMILES string of the molecule is CNc1cccnc1S(=O)(=O)NC1CCCC1SC. The quantitative estimate of drug-likeness (QED) is 0.866. The molecule has 7 heteroatoms. The fraction of sp³-hybridized carbons (Fsp3) is 0.583. The van der Waals surface area contributed by atoms with E-state index in [0.717, 1.165) is 19.3 Å². The van der Waals surface area contributed by atoms with Gasteiger partial charge >= 0.3 is 0 Å². The molecule has 1 fully saturated rings. The van der Waals surface area contributed by atoms with E-state index < -0.39 is 10.0 Å². The number of rotatable bonds is 5. The molecular formula is C12H19N3O2S2. The second-order valence-corrected chi connectivity index (χ2v) is 7.25. The first-order chi connectivity index (χ1) is 9.08. The number of nitrogens with one attached hydrogen (secondary N) is 2. The summed E-state index contributed by atoms with van der Waals surface area (Å²) in [5.41, 5.74) is 0.522. The van der Waals surface area contributed by atoms with Crippen molar-refractivity contribution in [1.82, 2.24) is 9.71 Å². The summed E-state index contributed by atoms with van der Waals surface area (Å²) >= 11 is 1.72. The Kier molecular flexibility index (Phi) is 4.70. The Labute approximate surface area is 118 Å². The van der Waals surface area contributed by atoms with Crippen LogP contribution in [0, 0.1) is 0 Å². The van der Waals surface area contributed by atoms with Crippen LogP contribution in [0.2, 0.25) is 0 Å². The van der Waals surface area contributed by atoms with E-state index in [1.54, 1.807) is 30.9 Å². The lowest BCUT2D eigenvalue weighted by Gasteiger charge is -2.19. The summed E-state index contributed by atoms with van der Waals surface area (Å²) in [6, 6.07) is 3.43. The van der Waals surface area contributed by atoms with Gasteiger partial charge in [0.2, 0.25) is 0 Å². The van der Waals surface area contributed by atoms with Gasteiger partial charge < -0.3 is 5.32 Å². The first kappa shape index (κ1) is 14.6. The average molecular weight is 301 g/mol. The highest BCUT2D eigenvalue weighted by Gasteiger charge is 2.32. The Morgan fingerprint density at radius 3 is 2.89 bits per heavy atom. The molecule has 1 aromatic rings. The van der Waals surface area contributed by atoms with Crippen molar-refractivity contribution in [2.24, 2.45) is 0 Å². The highest BCUT2D eigenvalue weighted by molar-refractivity contribution is 7.99. The molecule has 1 heterocycles. The van der Waals surface area contributed by atoms with E-state index >= 15 is 0 Å². The molecule has 0 aromatic carbocycles. The zero-order chi connectivity index (χ0) is 13.9. The zero-order valence-corrected chi connectivity index (χ0v) is 12.7. The normalized spacial score (nSPS) is 23.5. The van der Waals surface area contributed by atoms with Crippen molar-refractivity contribution in [3.63, 3.8) is 0 Å². The fourth-order valence-electron chi connectivity index (χ4n) is 2.39. The number of sulfonamides is 1. The third-order valence-corrected chi connectivity index (χ3v) is 5.97. The van der Waals surface area contributed by atoms with Gasteiger partial charge in [0.25, 0.3) is 10.0 Å². The van der Waals surface area contributed by atoms with Crippen molar-refractivity contribution < 1.29 is 8.42 Å². The lowest BCUT2D eigenvalue weighted by Crippen LogP contribution is -2.39. The summed E-state index contributed by atoms with van der Waals surface area (Å²) in [4.78, 5) is 3.99. The van der Waals surface area contributed by atoms with Crippen LogP contribution in [0.4, 0.5) is 5.69 Å². The van der Waals surface area contributed by atoms with E-state index in [0.29, 0.717) is 10.9 Å².